The molecule has 0 amide bonds. The number of hydrogen-bond donors (Lipinski definition) is 0. The van der Waals surface area contributed by atoms with Crippen molar-refractivity contribution in [3.8, 4) is 6.07 Å². The van der Waals surface area contributed by atoms with Crippen LogP contribution in [0.1, 0.15) is 29.4 Å². The predicted octanol–water partition coefficient (Wildman–Crippen LogP) is 2.85. The molecule has 1 rings (SSSR count). The molecule has 14 heavy (non-hydrogen) atoms. The van der Waals surface area contributed by atoms with E-state index in [1.54, 1.807) is 6.92 Å². The van der Waals surface area contributed by atoms with E-state index in [0.29, 0.717) is 6.42 Å². The molecule has 0 aliphatic heterocycles. The van der Waals surface area contributed by atoms with Crippen LogP contribution in [0.2, 0.25) is 10.2 Å². The molecule has 1 heterocycles. The Kier molecular flexibility index (Phi) is 3.45. The molecule has 0 saturated heterocycles. The van der Waals surface area contributed by atoms with Gasteiger partial charge >= 0.3 is 0 Å². The first kappa shape index (κ1) is 11.0. The number of aromatic nitrogens is 1. The Balaban J connectivity index is 3.29. The number of carbonyl (C=O) groups excluding carboxylic acids is 1. The van der Waals surface area contributed by atoms with Gasteiger partial charge in [0.1, 0.15) is 22.5 Å². The number of carbonyl (C=O) groups is 1. The summed E-state index contributed by atoms with van der Waals surface area (Å²) in [5.41, 5.74) is 0.294. The number of halogens is 2. The van der Waals surface area contributed by atoms with Crippen molar-refractivity contribution in [1.29, 1.82) is 5.26 Å². The second-order valence-corrected chi connectivity index (χ2v) is 3.31. The Labute approximate surface area is 91.3 Å². The van der Waals surface area contributed by atoms with Gasteiger partial charge in [-0.15, -0.1) is 0 Å². The van der Waals surface area contributed by atoms with Gasteiger partial charge in [0, 0.05) is 6.42 Å². The molecule has 0 saturated carbocycles. The molecular formula is C9H6Cl2N2O. The first-order chi connectivity index (χ1) is 6.60. The van der Waals surface area contributed by atoms with Crippen LogP contribution in [0.3, 0.4) is 0 Å². The van der Waals surface area contributed by atoms with Crippen LogP contribution in [0.5, 0.6) is 0 Å². The molecule has 0 spiro atoms. The third kappa shape index (κ3) is 2.03. The summed E-state index contributed by atoms with van der Waals surface area (Å²) >= 11 is 11.4. The lowest BCUT2D eigenvalue weighted by molar-refractivity contribution is 0.0983. The Bertz CT molecular complexity index is 400. The van der Waals surface area contributed by atoms with Gasteiger partial charge in [0.05, 0.1) is 5.02 Å². The van der Waals surface area contributed by atoms with Crippen LogP contribution in [0.15, 0.2) is 6.07 Å². The van der Waals surface area contributed by atoms with E-state index in [4.69, 9.17) is 28.5 Å². The maximum absolute atomic E-state index is 11.3. The number of rotatable bonds is 2. The monoisotopic (exact) mass is 228 g/mol. The molecule has 0 aromatic carbocycles. The smallest absolute Gasteiger partial charge is 0.181 e. The molecule has 0 radical (unpaired) electrons. The minimum absolute atomic E-state index is 0.0307. The average molecular weight is 229 g/mol. The minimum atomic E-state index is -0.154. The molecule has 0 atom stereocenters. The highest BCUT2D eigenvalue weighted by molar-refractivity contribution is 6.36. The van der Waals surface area contributed by atoms with E-state index in [-0.39, 0.29) is 27.2 Å². The van der Waals surface area contributed by atoms with E-state index >= 15 is 0 Å². The molecule has 1 aromatic rings. The molecule has 72 valence electrons. The summed E-state index contributed by atoms with van der Waals surface area (Å²) in [5.74, 6) is -0.154. The first-order valence-corrected chi connectivity index (χ1v) is 4.65. The van der Waals surface area contributed by atoms with Crippen molar-refractivity contribution in [2.24, 2.45) is 0 Å². The van der Waals surface area contributed by atoms with Crippen molar-refractivity contribution >= 4 is 29.0 Å². The number of pyridine rings is 1. The molecule has 3 nitrogen and oxygen atoms in total. The molecule has 0 fully saturated rings. The van der Waals surface area contributed by atoms with E-state index in [0.717, 1.165) is 0 Å². The van der Waals surface area contributed by atoms with Crippen LogP contribution in [0.4, 0.5) is 0 Å². The van der Waals surface area contributed by atoms with Gasteiger partial charge in [-0.2, -0.15) is 5.26 Å². The SMILES string of the molecule is CCC(=O)c1cc(Cl)c(C#N)c(Cl)n1. The predicted molar refractivity (Wildman–Crippen MR) is 53.6 cm³/mol. The molecule has 0 bridgehead atoms. The van der Waals surface area contributed by atoms with Gasteiger partial charge < -0.3 is 0 Å². The van der Waals surface area contributed by atoms with Gasteiger partial charge in [-0.05, 0) is 6.07 Å². The summed E-state index contributed by atoms with van der Waals surface area (Å²) < 4.78 is 0. The van der Waals surface area contributed by atoms with E-state index in [9.17, 15) is 4.79 Å². The minimum Gasteiger partial charge on any atom is -0.292 e. The molecule has 0 unspecified atom stereocenters. The highest BCUT2D eigenvalue weighted by atomic mass is 35.5. The molecular weight excluding hydrogens is 223 g/mol. The lowest BCUT2D eigenvalue weighted by Gasteiger charge is -2.01. The zero-order chi connectivity index (χ0) is 10.7. The molecule has 5 heteroatoms. The number of Topliss-reactive ketones (excluding diaryl/α,β-unsaturated/α-hetero) is 1. The topological polar surface area (TPSA) is 53.8 Å². The first-order valence-electron chi connectivity index (χ1n) is 3.89. The fraction of sp³-hybridized carbons (Fsp3) is 0.222. The van der Waals surface area contributed by atoms with E-state index in [1.807, 2.05) is 6.07 Å². The maximum Gasteiger partial charge on any atom is 0.181 e. The number of ketones is 1. The summed E-state index contributed by atoms with van der Waals surface area (Å²) in [4.78, 5) is 15.0. The third-order valence-corrected chi connectivity index (χ3v) is 2.22. The van der Waals surface area contributed by atoms with Crippen molar-refractivity contribution in [3.63, 3.8) is 0 Å². The molecule has 0 N–H and O–H groups in total. The zero-order valence-electron chi connectivity index (χ0n) is 7.34. The lowest BCUT2D eigenvalue weighted by Crippen LogP contribution is -2.01. The Morgan fingerprint density at radius 2 is 2.29 bits per heavy atom. The normalized spacial score (nSPS) is 9.57. The van der Waals surface area contributed by atoms with Gasteiger partial charge in [0.15, 0.2) is 5.78 Å². The lowest BCUT2D eigenvalue weighted by atomic mass is 10.2. The largest absolute Gasteiger partial charge is 0.292 e. The van der Waals surface area contributed by atoms with Crippen LogP contribution in [-0.2, 0) is 0 Å². The standard InChI is InChI=1S/C9H6Cl2N2O/c1-2-8(14)7-3-6(10)5(4-12)9(11)13-7/h3H,2H2,1H3. The Hall–Kier alpha value is -1.11. The summed E-state index contributed by atoms with van der Waals surface area (Å²) in [7, 11) is 0. The summed E-state index contributed by atoms with van der Waals surface area (Å²) in [6, 6.07) is 3.17. The van der Waals surface area contributed by atoms with Gasteiger partial charge in [-0.25, -0.2) is 4.98 Å². The maximum atomic E-state index is 11.3. The van der Waals surface area contributed by atoms with E-state index in [1.165, 1.54) is 6.07 Å². The summed E-state index contributed by atoms with van der Waals surface area (Å²) in [6.45, 7) is 1.71. The zero-order valence-corrected chi connectivity index (χ0v) is 8.85. The van der Waals surface area contributed by atoms with Crippen molar-refractivity contribution in [2.45, 2.75) is 13.3 Å². The average Bonchev–Trinajstić information content (AvgIpc) is 2.16. The molecule has 0 aliphatic carbocycles. The number of hydrogen-bond acceptors (Lipinski definition) is 3. The van der Waals surface area contributed by atoms with Crippen molar-refractivity contribution in [2.75, 3.05) is 0 Å². The molecule has 0 aliphatic rings. The fourth-order valence-corrected chi connectivity index (χ4v) is 1.43. The quantitative estimate of drug-likeness (QED) is 0.578. The number of nitriles is 1. The summed E-state index contributed by atoms with van der Waals surface area (Å²) in [5, 5.41) is 8.77. The highest BCUT2D eigenvalue weighted by Gasteiger charge is 2.12. The van der Waals surface area contributed by atoms with Crippen LogP contribution in [0.25, 0.3) is 0 Å². The van der Waals surface area contributed by atoms with Crippen LogP contribution in [0, 0.1) is 11.3 Å². The van der Waals surface area contributed by atoms with Crippen molar-refractivity contribution in [1.82, 2.24) is 4.98 Å². The van der Waals surface area contributed by atoms with Crippen LogP contribution in [-0.4, -0.2) is 10.8 Å². The van der Waals surface area contributed by atoms with Crippen LogP contribution < -0.4 is 0 Å². The van der Waals surface area contributed by atoms with Gasteiger partial charge in [-0.1, -0.05) is 30.1 Å². The van der Waals surface area contributed by atoms with E-state index < -0.39 is 0 Å². The summed E-state index contributed by atoms with van der Waals surface area (Å²) in [6.07, 6.45) is 0.325. The van der Waals surface area contributed by atoms with Gasteiger partial charge in [-0.3, -0.25) is 4.79 Å². The third-order valence-electron chi connectivity index (χ3n) is 1.65. The number of nitrogens with zero attached hydrogens (tertiary/aromatic N) is 2. The Morgan fingerprint density at radius 1 is 1.64 bits per heavy atom. The van der Waals surface area contributed by atoms with Crippen molar-refractivity contribution < 1.29 is 4.79 Å². The van der Waals surface area contributed by atoms with E-state index in [2.05, 4.69) is 4.98 Å². The molecule has 1 aromatic heterocycles. The van der Waals surface area contributed by atoms with Gasteiger partial charge in [0.25, 0.3) is 0 Å². The van der Waals surface area contributed by atoms with Gasteiger partial charge in [0.2, 0.25) is 0 Å². The van der Waals surface area contributed by atoms with Crippen LogP contribution >= 0.6 is 23.2 Å². The highest BCUT2D eigenvalue weighted by Crippen LogP contribution is 2.23. The second kappa shape index (κ2) is 4.41. The second-order valence-electron chi connectivity index (χ2n) is 2.54. The Morgan fingerprint density at radius 3 is 2.71 bits per heavy atom. The van der Waals surface area contributed by atoms with Crippen molar-refractivity contribution in [3.05, 3.63) is 27.5 Å². The fourth-order valence-electron chi connectivity index (χ4n) is 0.908.